The maximum absolute atomic E-state index is 4.84. The minimum atomic E-state index is 0.906. The molecule has 23 heavy (non-hydrogen) atoms. The lowest BCUT2D eigenvalue weighted by atomic mass is 10.1. The Balaban J connectivity index is 1.65. The van der Waals surface area contributed by atoms with Gasteiger partial charge in [-0.3, -0.25) is 10.1 Å². The molecule has 0 amide bonds. The van der Waals surface area contributed by atoms with E-state index in [0.29, 0.717) is 0 Å². The number of nitrogens with zero attached hydrogens (tertiary/aromatic N) is 5. The van der Waals surface area contributed by atoms with Gasteiger partial charge in [0.25, 0.3) is 0 Å². The highest BCUT2D eigenvalue weighted by Crippen LogP contribution is 2.23. The molecule has 4 rings (SSSR count). The first-order chi connectivity index (χ1) is 11.3. The summed E-state index contributed by atoms with van der Waals surface area (Å²) in [5, 5.41) is 8.13. The SMILES string of the molecule is CN1CCCN(c2cncc(-c3ccc4[nH]ncc4c3)n2)CC1. The summed E-state index contributed by atoms with van der Waals surface area (Å²) in [5.41, 5.74) is 3.01. The number of aromatic amines is 1. The van der Waals surface area contributed by atoms with Gasteiger partial charge in [-0.05, 0) is 32.1 Å². The zero-order valence-electron chi connectivity index (χ0n) is 13.2. The second-order valence-corrected chi connectivity index (χ2v) is 6.08. The lowest BCUT2D eigenvalue weighted by Crippen LogP contribution is -2.29. The number of rotatable bonds is 2. The molecule has 0 unspecified atom stereocenters. The van der Waals surface area contributed by atoms with Gasteiger partial charge in [0, 0.05) is 30.6 Å². The van der Waals surface area contributed by atoms with Crippen LogP contribution in [0.2, 0.25) is 0 Å². The number of hydrogen-bond acceptors (Lipinski definition) is 5. The zero-order valence-corrected chi connectivity index (χ0v) is 13.2. The summed E-state index contributed by atoms with van der Waals surface area (Å²) in [6.07, 6.45) is 6.68. The van der Waals surface area contributed by atoms with Crippen LogP contribution < -0.4 is 4.90 Å². The standard InChI is InChI=1S/C17H20N6/c1-22-5-2-6-23(8-7-22)17-12-18-11-16(20-17)13-3-4-15-14(9-13)10-19-21-15/h3-4,9-12H,2,5-8H2,1H3,(H,19,21). The molecule has 0 radical (unpaired) electrons. The minimum absolute atomic E-state index is 0.906. The van der Waals surface area contributed by atoms with Crippen LogP contribution in [0.15, 0.2) is 36.8 Å². The number of hydrogen-bond donors (Lipinski definition) is 1. The Hall–Kier alpha value is -2.47. The fourth-order valence-electron chi connectivity index (χ4n) is 3.02. The largest absolute Gasteiger partial charge is 0.354 e. The van der Waals surface area contributed by atoms with Crippen LogP contribution >= 0.6 is 0 Å². The molecule has 118 valence electrons. The van der Waals surface area contributed by atoms with Gasteiger partial charge in [-0.1, -0.05) is 6.07 Å². The van der Waals surface area contributed by atoms with Crippen LogP contribution in [-0.4, -0.2) is 58.3 Å². The van der Waals surface area contributed by atoms with Gasteiger partial charge >= 0.3 is 0 Å². The van der Waals surface area contributed by atoms with Crippen molar-refractivity contribution in [3.63, 3.8) is 0 Å². The molecule has 2 aromatic heterocycles. The highest BCUT2D eigenvalue weighted by atomic mass is 15.2. The summed E-state index contributed by atoms with van der Waals surface area (Å²) in [4.78, 5) is 13.9. The average molecular weight is 308 g/mol. The van der Waals surface area contributed by atoms with Crippen LogP contribution in [-0.2, 0) is 0 Å². The number of anilines is 1. The predicted molar refractivity (Wildman–Crippen MR) is 91.4 cm³/mol. The quantitative estimate of drug-likeness (QED) is 0.786. The highest BCUT2D eigenvalue weighted by Gasteiger charge is 2.14. The van der Waals surface area contributed by atoms with E-state index in [9.17, 15) is 0 Å². The molecule has 0 aliphatic carbocycles. The number of likely N-dealkylation sites (N-methyl/N-ethyl adjacent to an activating group) is 1. The van der Waals surface area contributed by atoms with Crippen molar-refractivity contribution in [3.05, 3.63) is 36.8 Å². The highest BCUT2D eigenvalue weighted by molar-refractivity contribution is 5.83. The second kappa shape index (κ2) is 5.96. The average Bonchev–Trinajstić information content (AvgIpc) is 2.95. The summed E-state index contributed by atoms with van der Waals surface area (Å²) in [7, 11) is 2.17. The Kier molecular flexibility index (Phi) is 3.67. The normalized spacial score (nSPS) is 16.7. The van der Waals surface area contributed by atoms with Gasteiger partial charge in [0.05, 0.1) is 29.8 Å². The van der Waals surface area contributed by atoms with E-state index in [0.717, 1.165) is 60.6 Å². The van der Waals surface area contributed by atoms with E-state index >= 15 is 0 Å². The van der Waals surface area contributed by atoms with Gasteiger partial charge in [0.15, 0.2) is 0 Å². The van der Waals surface area contributed by atoms with Gasteiger partial charge in [-0.25, -0.2) is 4.98 Å². The summed E-state index contributed by atoms with van der Waals surface area (Å²) in [6.45, 7) is 4.23. The van der Waals surface area contributed by atoms with Crippen molar-refractivity contribution < 1.29 is 0 Å². The van der Waals surface area contributed by atoms with Gasteiger partial charge in [-0.2, -0.15) is 5.10 Å². The van der Waals surface area contributed by atoms with Crippen LogP contribution in [0.4, 0.5) is 5.82 Å². The van der Waals surface area contributed by atoms with E-state index in [4.69, 9.17) is 4.98 Å². The number of H-pyrrole nitrogens is 1. The second-order valence-electron chi connectivity index (χ2n) is 6.08. The maximum atomic E-state index is 4.84. The van der Waals surface area contributed by atoms with E-state index in [1.54, 1.807) is 0 Å². The summed E-state index contributed by atoms with van der Waals surface area (Å²) < 4.78 is 0. The van der Waals surface area contributed by atoms with Crippen molar-refractivity contribution in [2.45, 2.75) is 6.42 Å². The van der Waals surface area contributed by atoms with Crippen molar-refractivity contribution in [2.75, 3.05) is 38.1 Å². The zero-order chi connectivity index (χ0) is 15.6. The van der Waals surface area contributed by atoms with Crippen molar-refractivity contribution >= 4 is 16.7 Å². The molecular formula is C17H20N6. The van der Waals surface area contributed by atoms with Crippen LogP contribution in [0.25, 0.3) is 22.2 Å². The first-order valence-electron chi connectivity index (χ1n) is 7.99. The Morgan fingerprint density at radius 1 is 1.04 bits per heavy atom. The van der Waals surface area contributed by atoms with E-state index < -0.39 is 0 Å². The molecule has 3 heterocycles. The summed E-state index contributed by atoms with van der Waals surface area (Å²) in [5.74, 6) is 0.963. The molecule has 0 spiro atoms. The van der Waals surface area contributed by atoms with E-state index in [1.165, 1.54) is 0 Å². The third kappa shape index (κ3) is 2.90. The fourth-order valence-corrected chi connectivity index (χ4v) is 3.02. The first kappa shape index (κ1) is 14.1. The lowest BCUT2D eigenvalue weighted by Gasteiger charge is -2.21. The fraction of sp³-hybridized carbons (Fsp3) is 0.353. The lowest BCUT2D eigenvalue weighted by molar-refractivity contribution is 0.360. The number of nitrogens with one attached hydrogen (secondary N) is 1. The predicted octanol–water partition coefficient (Wildman–Crippen LogP) is 2.16. The Bertz CT molecular complexity index is 811. The van der Waals surface area contributed by atoms with Crippen molar-refractivity contribution in [2.24, 2.45) is 0 Å². The molecule has 1 aliphatic heterocycles. The monoisotopic (exact) mass is 308 g/mol. The summed E-state index contributed by atoms with van der Waals surface area (Å²) in [6, 6.07) is 6.19. The third-order valence-corrected chi connectivity index (χ3v) is 4.40. The van der Waals surface area contributed by atoms with Crippen molar-refractivity contribution in [3.8, 4) is 11.3 Å². The molecule has 6 nitrogen and oxygen atoms in total. The van der Waals surface area contributed by atoms with Crippen LogP contribution in [0.1, 0.15) is 6.42 Å². The molecule has 6 heteroatoms. The molecule has 1 fully saturated rings. The van der Waals surface area contributed by atoms with Gasteiger partial charge in [-0.15, -0.1) is 0 Å². The molecule has 3 aromatic rings. The first-order valence-corrected chi connectivity index (χ1v) is 7.99. The van der Waals surface area contributed by atoms with Crippen LogP contribution in [0.3, 0.4) is 0 Å². The maximum Gasteiger partial charge on any atom is 0.147 e. The molecule has 1 aromatic carbocycles. The van der Waals surface area contributed by atoms with Crippen LogP contribution in [0, 0.1) is 0 Å². The van der Waals surface area contributed by atoms with Gasteiger partial charge in [0.2, 0.25) is 0 Å². The van der Waals surface area contributed by atoms with E-state index in [-0.39, 0.29) is 0 Å². The topological polar surface area (TPSA) is 60.9 Å². The van der Waals surface area contributed by atoms with Crippen molar-refractivity contribution in [1.82, 2.24) is 25.1 Å². The summed E-state index contributed by atoms with van der Waals surface area (Å²) >= 11 is 0. The number of aromatic nitrogens is 4. The van der Waals surface area contributed by atoms with Gasteiger partial charge < -0.3 is 9.80 Å². The third-order valence-electron chi connectivity index (χ3n) is 4.40. The van der Waals surface area contributed by atoms with Crippen molar-refractivity contribution in [1.29, 1.82) is 0 Å². The molecule has 0 saturated carbocycles. The number of fused-ring (bicyclic) bond motifs is 1. The Labute approximate surface area is 135 Å². The Morgan fingerprint density at radius 2 is 2.00 bits per heavy atom. The van der Waals surface area contributed by atoms with E-state index in [2.05, 4.69) is 44.2 Å². The molecule has 0 bridgehead atoms. The van der Waals surface area contributed by atoms with Crippen LogP contribution in [0.5, 0.6) is 0 Å². The molecule has 1 saturated heterocycles. The van der Waals surface area contributed by atoms with Gasteiger partial charge in [0.1, 0.15) is 5.82 Å². The molecular weight excluding hydrogens is 288 g/mol. The smallest absolute Gasteiger partial charge is 0.147 e. The Morgan fingerprint density at radius 3 is 2.96 bits per heavy atom. The van der Waals surface area contributed by atoms with E-state index in [1.807, 2.05) is 24.7 Å². The molecule has 1 aliphatic rings. The number of benzene rings is 1. The minimum Gasteiger partial charge on any atom is -0.354 e. The molecule has 0 atom stereocenters. The molecule has 1 N–H and O–H groups in total.